The number of methoxy groups -OCH3 is 1. The predicted octanol–water partition coefficient (Wildman–Crippen LogP) is 7.35. The van der Waals surface area contributed by atoms with Gasteiger partial charge in [-0.2, -0.15) is 8.78 Å². The number of alkyl halides is 2. The van der Waals surface area contributed by atoms with Crippen LogP contribution in [-0.4, -0.2) is 20.3 Å². The van der Waals surface area contributed by atoms with Gasteiger partial charge in [-0.15, -0.1) is 0 Å². The molecule has 0 aliphatic heterocycles. The van der Waals surface area contributed by atoms with Crippen LogP contribution in [0.15, 0.2) is 66.7 Å². The van der Waals surface area contributed by atoms with E-state index in [9.17, 15) is 17.6 Å². The second-order valence-electron chi connectivity index (χ2n) is 7.55. The largest absolute Gasteiger partial charge is 0.494 e. The molecule has 0 saturated carbocycles. The lowest BCUT2D eigenvalue weighted by Crippen LogP contribution is -2.21. The van der Waals surface area contributed by atoms with Crippen LogP contribution in [0.2, 0.25) is 0 Å². The van der Waals surface area contributed by atoms with Crippen molar-refractivity contribution in [1.82, 2.24) is 0 Å². The van der Waals surface area contributed by atoms with Gasteiger partial charge in [0.05, 0.1) is 12.2 Å². The van der Waals surface area contributed by atoms with Gasteiger partial charge in [-0.1, -0.05) is 30.7 Å². The SMILES string of the molecule is COCCCCCCOc1ccc(-c2ccc(C(F)(F)Oc3ccc(F)c(F)c3)cc2)cc1. The average molecular weight is 462 g/mol. The van der Waals surface area contributed by atoms with Crippen molar-refractivity contribution in [1.29, 1.82) is 0 Å². The van der Waals surface area contributed by atoms with E-state index in [1.165, 1.54) is 12.1 Å². The molecule has 3 nitrogen and oxygen atoms in total. The summed E-state index contributed by atoms with van der Waals surface area (Å²) < 4.78 is 70.5. The molecule has 176 valence electrons. The van der Waals surface area contributed by atoms with Crippen LogP contribution < -0.4 is 9.47 Å². The lowest BCUT2D eigenvalue weighted by atomic mass is 10.0. The van der Waals surface area contributed by atoms with Crippen LogP contribution in [-0.2, 0) is 10.8 Å². The van der Waals surface area contributed by atoms with Gasteiger partial charge >= 0.3 is 6.11 Å². The van der Waals surface area contributed by atoms with Gasteiger partial charge in [-0.05, 0) is 66.8 Å². The third-order valence-corrected chi connectivity index (χ3v) is 5.06. The van der Waals surface area contributed by atoms with E-state index in [4.69, 9.17) is 9.47 Å². The van der Waals surface area contributed by atoms with E-state index >= 15 is 0 Å². The molecule has 3 rings (SSSR count). The molecule has 0 saturated heterocycles. The highest BCUT2D eigenvalue weighted by molar-refractivity contribution is 5.64. The second-order valence-corrected chi connectivity index (χ2v) is 7.55. The van der Waals surface area contributed by atoms with E-state index in [1.54, 1.807) is 19.2 Å². The molecule has 0 unspecified atom stereocenters. The Kier molecular flexibility index (Phi) is 8.72. The maximum absolute atomic E-state index is 14.4. The van der Waals surface area contributed by atoms with Crippen molar-refractivity contribution < 1.29 is 31.8 Å². The molecule has 3 aromatic carbocycles. The van der Waals surface area contributed by atoms with Crippen molar-refractivity contribution in [3.8, 4) is 22.6 Å². The minimum absolute atomic E-state index is 0.401. The zero-order valence-corrected chi connectivity index (χ0v) is 18.3. The van der Waals surface area contributed by atoms with Crippen LogP contribution in [0, 0.1) is 11.6 Å². The van der Waals surface area contributed by atoms with Gasteiger partial charge in [0.2, 0.25) is 0 Å². The normalized spacial score (nSPS) is 11.4. The fourth-order valence-corrected chi connectivity index (χ4v) is 3.24. The van der Waals surface area contributed by atoms with Gasteiger partial charge < -0.3 is 14.2 Å². The van der Waals surface area contributed by atoms with Crippen molar-refractivity contribution in [2.45, 2.75) is 31.8 Å². The van der Waals surface area contributed by atoms with Crippen molar-refractivity contribution in [2.75, 3.05) is 20.3 Å². The van der Waals surface area contributed by atoms with Gasteiger partial charge in [0.15, 0.2) is 11.6 Å². The second kappa shape index (κ2) is 11.7. The molecule has 3 aromatic rings. The highest BCUT2D eigenvalue weighted by Gasteiger charge is 2.34. The number of unbranched alkanes of at least 4 members (excludes halogenated alkanes) is 3. The number of hydrogen-bond donors (Lipinski definition) is 0. The van der Waals surface area contributed by atoms with Crippen LogP contribution in [0.5, 0.6) is 11.5 Å². The Balaban J connectivity index is 1.55. The minimum atomic E-state index is -3.70. The molecule has 0 fully saturated rings. The van der Waals surface area contributed by atoms with Gasteiger partial charge in [-0.3, -0.25) is 0 Å². The summed E-state index contributed by atoms with van der Waals surface area (Å²) >= 11 is 0. The summed E-state index contributed by atoms with van der Waals surface area (Å²) in [4.78, 5) is 0. The molecule has 0 N–H and O–H groups in total. The summed E-state index contributed by atoms with van der Waals surface area (Å²) in [6.07, 6.45) is 0.500. The van der Waals surface area contributed by atoms with Crippen molar-refractivity contribution >= 4 is 0 Å². The van der Waals surface area contributed by atoms with E-state index in [0.717, 1.165) is 61.3 Å². The fraction of sp³-hybridized carbons (Fsp3) is 0.308. The molecular formula is C26H26F4O3. The first-order valence-electron chi connectivity index (χ1n) is 10.7. The molecule has 0 aliphatic carbocycles. The van der Waals surface area contributed by atoms with Gasteiger partial charge in [-0.25, -0.2) is 8.78 Å². The Morgan fingerprint density at radius 3 is 1.85 bits per heavy atom. The molecule has 0 aliphatic rings. The molecule has 7 heteroatoms. The Morgan fingerprint density at radius 1 is 0.667 bits per heavy atom. The Bertz CT molecular complexity index is 1010. The summed E-state index contributed by atoms with van der Waals surface area (Å²) in [7, 11) is 1.70. The van der Waals surface area contributed by atoms with E-state index in [2.05, 4.69) is 4.74 Å². The number of hydrogen-bond acceptors (Lipinski definition) is 3. The van der Waals surface area contributed by atoms with E-state index in [0.29, 0.717) is 12.7 Å². The van der Waals surface area contributed by atoms with Gasteiger partial charge in [0.1, 0.15) is 11.5 Å². The zero-order chi connectivity index (χ0) is 23.7. The minimum Gasteiger partial charge on any atom is -0.494 e. The molecule has 33 heavy (non-hydrogen) atoms. The smallest absolute Gasteiger partial charge is 0.426 e. The van der Waals surface area contributed by atoms with Crippen LogP contribution in [0.3, 0.4) is 0 Å². The zero-order valence-electron chi connectivity index (χ0n) is 18.3. The lowest BCUT2D eigenvalue weighted by molar-refractivity contribution is -0.185. The summed E-state index contributed by atoms with van der Waals surface area (Å²) in [5.74, 6) is -2.11. The average Bonchev–Trinajstić information content (AvgIpc) is 2.81. The quantitative estimate of drug-likeness (QED) is 0.208. The molecule has 0 amide bonds. The molecule has 0 aromatic heterocycles. The van der Waals surface area contributed by atoms with E-state index < -0.39 is 29.1 Å². The van der Waals surface area contributed by atoms with E-state index in [1.807, 2.05) is 24.3 Å². The first-order valence-corrected chi connectivity index (χ1v) is 10.7. The fourth-order valence-electron chi connectivity index (χ4n) is 3.24. The Labute approximate surface area is 190 Å². The Hall–Kier alpha value is -3.06. The first kappa shape index (κ1) is 24.6. The maximum atomic E-state index is 14.4. The highest BCUT2D eigenvalue weighted by atomic mass is 19.3. The van der Waals surface area contributed by atoms with Gasteiger partial charge in [0, 0.05) is 19.8 Å². The standard InChI is InChI=1S/C26H26F4O3/c1-31-16-4-2-3-5-17-32-22-12-8-20(9-13-22)19-6-10-21(11-7-19)26(29,30)33-23-14-15-24(27)25(28)18-23/h6-15,18H,2-5,16-17H2,1H3. The molecule has 0 bridgehead atoms. The monoisotopic (exact) mass is 462 g/mol. The molecule has 0 heterocycles. The van der Waals surface area contributed by atoms with Crippen LogP contribution in [0.4, 0.5) is 17.6 Å². The van der Waals surface area contributed by atoms with Crippen molar-refractivity contribution in [3.05, 3.63) is 83.9 Å². The lowest BCUT2D eigenvalue weighted by Gasteiger charge is -2.18. The summed E-state index contributed by atoms with van der Waals surface area (Å²) in [5.41, 5.74) is 1.19. The van der Waals surface area contributed by atoms with Crippen LogP contribution in [0.25, 0.3) is 11.1 Å². The topological polar surface area (TPSA) is 27.7 Å². The highest BCUT2D eigenvalue weighted by Crippen LogP contribution is 2.33. The summed E-state index contributed by atoms with van der Waals surface area (Å²) in [6.45, 7) is 1.41. The molecule has 0 atom stereocenters. The maximum Gasteiger partial charge on any atom is 0.426 e. The van der Waals surface area contributed by atoms with Crippen molar-refractivity contribution in [2.24, 2.45) is 0 Å². The van der Waals surface area contributed by atoms with Crippen LogP contribution in [0.1, 0.15) is 31.2 Å². The summed E-state index contributed by atoms with van der Waals surface area (Å²) in [6, 6.07) is 15.3. The molecule has 0 spiro atoms. The van der Waals surface area contributed by atoms with E-state index in [-0.39, 0.29) is 0 Å². The number of benzene rings is 3. The van der Waals surface area contributed by atoms with Crippen molar-refractivity contribution in [3.63, 3.8) is 0 Å². The first-order chi connectivity index (χ1) is 15.9. The van der Waals surface area contributed by atoms with Crippen LogP contribution >= 0.6 is 0 Å². The number of ether oxygens (including phenoxy) is 3. The molecular weight excluding hydrogens is 436 g/mol. The van der Waals surface area contributed by atoms with Gasteiger partial charge in [0.25, 0.3) is 0 Å². The summed E-state index contributed by atoms with van der Waals surface area (Å²) in [5, 5.41) is 0. The third kappa shape index (κ3) is 7.22. The third-order valence-electron chi connectivity index (χ3n) is 5.06. The number of rotatable bonds is 12. The Morgan fingerprint density at radius 2 is 1.24 bits per heavy atom. The number of halogens is 4. The predicted molar refractivity (Wildman–Crippen MR) is 119 cm³/mol. The molecule has 0 radical (unpaired) electrons.